The molecule has 0 aromatic rings. The summed E-state index contributed by atoms with van der Waals surface area (Å²) in [6.45, 7) is 5.17. The number of amides is 2. The molecular weight excluding hydrogens is 242 g/mol. The number of hydrogen-bond acceptors (Lipinski definition) is 3. The molecule has 1 saturated heterocycles. The fourth-order valence-electron chi connectivity index (χ4n) is 2.94. The van der Waals surface area contributed by atoms with E-state index < -0.39 is 0 Å². The Labute approximate surface area is 115 Å². The molecule has 1 saturated carbocycles. The van der Waals surface area contributed by atoms with Gasteiger partial charge in [-0.15, -0.1) is 0 Å². The largest absolute Gasteiger partial charge is 0.352 e. The second-order valence-electron chi connectivity index (χ2n) is 5.68. The van der Waals surface area contributed by atoms with E-state index >= 15 is 0 Å². The van der Waals surface area contributed by atoms with Gasteiger partial charge in [-0.3, -0.25) is 14.5 Å². The molecule has 0 bridgehead atoms. The third kappa shape index (κ3) is 4.49. The molecule has 19 heavy (non-hydrogen) atoms. The molecule has 1 aliphatic carbocycles. The number of hydrogen-bond donors (Lipinski definition) is 1. The Balaban J connectivity index is 1.67. The first kappa shape index (κ1) is 14.3. The Hall–Kier alpha value is -1.10. The number of carbonyl (C=O) groups is 2. The summed E-state index contributed by atoms with van der Waals surface area (Å²) in [6, 6.07) is 0.389. The van der Waals surface area contributed by atoms with Gasteiger partial charge in [0.2, 0.25) is 11.8 Å². The number of piperazine rings is 1. The second kappa shape index (κ2) is 6.89. The monoisotopic (exact) mass is 267 g/mol. The van der Waals surface area contributed by atoms with Crippen molar-refractivity contribution in [2.75, 3.05) is 32.7 Å². The van der Waals surface area contributed by atoms with Crippen molar-refractivity contribution in [3.05, 3.63) is 0 Å². The van der Waals surface area contributed by atoms with Gasteiger partial charge in [-0.25, -0.2) is 0 Å². The van der Waals surface area contributed by atoms with Crippen LogP contribution in [0.25, 0.3) is 0 Å². The van der Waals surface area contributed by atoms with Gasteiger partial charge in [-0.2, -0.15) is 0 Å². The summed E-state index contributed by atoms with van der Waals surface area (Å²) in [7, 11) is 0. The lowest BCUT2D eigenvalue weighted by atomic mass is 9.95. The summed E-state index contributed by atoms with van der Waals surface area (Å²) in [5.74, 6) is 0.273. The summed E-state index contributed by atoms with van der Waals surface area (Å²) < 4.78 is 0. The van der Waals surface area contributed by atoms with Crippen LogP contribution in [-0.2, 0) is 9.59 Å². The van der Waals surface area contributed by atoms with E-state index in [4.69, 9.17) is 0 Å². The minimum absolute atomic E-state index is 0.131. The maximum atomic E-state index is 12.0. The van der Waals surface area contributed by atoms with Gasteiger partial charge in [0, 0.05) is 39.1 Å². The van der Waals surface area contributed by atoms with Crippen molar-refractivity contribution in [3.63, 3.8) is 0 Å². The topological polar surface area (TPSA) is 52.7 Å². The van der Waals surface area contributed by atoms with E-state index in [0.717, 1.165) is 39.0 Å². The molecule has 5 heteroatoms. The summed E-state index contributed by atoms with van der Waals surface area (Å²) in [6.07, 6.45) is 6.04. The maximum absolute atomic E-state index is 12.0. The van der Waals surface area contributed by atoms with Crippen LogP contribution in [0.5, 0.6) is 0 Å². The van der Waals surface area contributed by atoms with Gasteiger partial charge < -0.3 is 10.2 Å². The third-order valence-corrected chi connectivity index (χ3v) is 4.16. The van der Waals surface area contributed by atoms with Crippen LogP contribution < -0.4 is 5.32 Å². The first-order valence-electron chi connectivity index (χ1n) is 7.42. The maximum Gasteiger partial charge on any atom is 0.234 e. The zero-order valence-corrected chi connectivity index (χ0v) is 11.9. The average Bonchev–Trinajstić information content (AvgIpc) is 2.40. The first-order valence-corrected chi connectivity index (χ1v) is 7.42. The zero-order chi connectivity index (χ0) is 13.7. The predicted molar refractivity (Wildman–Crippen MR) is 73.7 cm³/mol. The van der Waals surface area contributed by atoms with E-state index in [-0.39, 0.29) is 11.8 Å². The quantitative estimate of drug-likeness (QED) is 0.814. The van der Waals surface area contributed by atoms with Crippen LogP contribution in [0, 0.1) is 0 Å². The van der Waals surface area contributed by atoms with Crippen molar-refractivity contribution >= 4 is 11.8 Å². The van der Waals surface area contributed by atoms with E-state index in [2.05, 4.69) is 10.2 Å². The van der Waals surface area contributed by atoms with Crippen molar-refractivity contribution < 1.29 is 9.59 Å². The van der Waals surface area contributed by atoms with Crippen molar-refractivity contribution in [1.82, 2.24) is 15.1 Å². The fraction of sp³-hybridized carbons (Fsp3) is 0.857. The van der Waals surface area contributed by atoms with Gasteiger partial charge in [-0.05, 0) is 12.8 Å². The first-order chi connectivity index (χ1) is 9.15. The molecule has 1 heterocycles. The van der Waals surface area contributed by atoms with Crippen LogP contribution in [-0.4, -0.2) is 60.4 Å². The minimum atomic E-state index is 0.131. The van der Waals surface area contributed by atoms with Gasteiger partial charge in [0.05, 0.1) is 6.54 Å². The third-order valence-electron chi connectivity index (χ3n) is 4.16. The lowest BCUT2D eigenvalue weighted by Gasteiger charge is -2.34. The van der Waals surface area contributed by atoms with Gasteiger partial charge >= 0.3 is 0 Å². The van der Waals surface area contributed by atoms with E-state index in [1.165, 1.54) is 19.3 Å². The molecular formula is C14H25N3O2. The van der Waals surface area contributed by atoms with Gasteiger partial charge in [0.1, 0.15) is 0 Å². The molecule has 0 aromatic heterocycles. The molecule has 5 nitrogen and oxygen atoms in total. The second-order valence-corrected chi connectivity index (χ2v) is 5.68. The highest BCUT2D eigenvalue weighted by molar-refractivity contribution is 5.78. The summed E-state index contributed by atoms with van der Waals surface area (Å²) in [5.41, 5.74) is 0. The smallest absolute Gasteiger partial charge is 0.234 e. The van der Waals surface area contributed by atoms with Crippen LogP contribution in [0.2, 0.25) is 0 Å². The zero-order valence-electron chi connectivity index (χ0n) is 11.9. The molecule has 0 spiro atoms. The number of nitrogens with zero attached hydrogens (tertiary/aromatic N) is 2. The molecule has 0 unspecified atom stereocenters. The Morgan fingerprint density at radius 1 is 1.05 bits per heavy atom. The Morgan fingerprint density at radius 2 is 1.68 bits per heavy atom. The Morgan fingerprint density at radius 3 is 2.26 bits per heavy atom. The van der Waals surface area contributed by atoms with Crippen molar-refractivity contribution in [2.24, 2.45) is 0 Å². The lowest BCUT2D eigenvalue weighted by molar-refractivity contribution is -0.131. The predicted octanol–water partition coefficient (Wildman–Crippen LogP) is 0.599. The Kier molecular flexibility index (Phi) is 5.19. The van der Waals surface area contributed by atoms with Crippen molar-refractivity contribution in [2.45, 2.75) is 45.1 Å². The molecule has 0 aromatic carbocycles. The lowest BCUT2D eigenvalue weighted by Crippen LogP contribution is -2.51. The standard InChI is InChI=1S/C14H25N3O2/c1-12(18)17-9-7-16(8-10-17)11-14(19)15-13-5-3-2-4-6-13/h13H,2-11H2,1H3,(H,15,19). The average molecular weight is 267 g/mol. The van der Waals surface area contributed by atoms with Crippen molar-refractivity contribution in [1.29, 1.82) is 0 Å². The van der Waals surface area contributed by atoms with Crippen LogP contribution in [0.4, 0.5) is 0 Å². The van der Waals surface area contributed by atoms with Crippen LogP contribution in [0.15, 0.2) is 0 Å². The number of nitrogens with one attached hydrogen (secondary N) is 1. The van der Waals surface area contributed by atoms with E-state index in [0.29, 0.717) is 12.6 Å². The molecule has 0 radical (unpaired) electrons. The molecule has 1 N–H and O–H groups in total. The van der Waals surface area contributed by atoms with Crippen LogP contribution >= 0.6 is 0 Å². The number of rotatable bonds is 3. The molecule has 1 aliphatic heterocycles. The van der Waals surface area contributed by atoms with Gasteiger partial charge in [0.25, 0.3) is 0 Å². The molecule has 0 atom stereocenters. The van der Waals surface area contributed by atoms with E-state index in [1.807, 2.05) is 4.90 Å². The minimum Gasteiger partial charge on any atom is -0.352 e. The SMILES string of the molecule is CC(=O)N1CCN(CC(=O)NC2CCCCC2)CC1. The van der Waals surface area contributed by atoms with Crippen LogP contribution in [0.3, 0.4) is 0 Å². The van der Waals surface area contributed by atoms with Gasteiger partial charge in [0.15, 0.2) is 0 Å². The van der Waals surface area contributed by atoms with E-state index in [1.54, 1.807) is 6.92 Å². The summed E-state index contributed by atoms with van der Waals surface area (Å²) in [5, 5.41) is 3.14. The summed E-state index contributed by atoms with van der Waals surface area (Å²) in [4.78, 5) is 27.2. The number of carbonyl (C=O) groups excluding carboxylic acids is 2. The highest BCUT2D eigenvalue weighted by Crippen LogP contribution is 2.17. The molecule has 2 amide bonds. The van der Waals surface area contributed by atoms with Crippen molar-refractivity contribution in [3.8, 4) is 0 Å². The normalized spacial score (nSPS) is 22.3. The highest BCUT2D eigenvalue weighted by atomic mass is 16.2. The Bertz CT molecular complexity index is 319. The fourth-order valence-corrected chi connectivity index (χ4v) is 2.94. The molecule has 2 fully saturated rings. The van der Waals surface area contributed by atoms with E-state index in [9.17, 15) is 9.59 Å². The molecule has 2 rings (SSSR count). The molecule has 108 valence electrons. The summed E-state index contributed by atoms with van der Waals surface area (Å²) >= 11 is 0. The van der Waals surface area contributed by atoms with Crippen LogP contribution in [0.1, 0.15) is 39.0 Å². The molecule has 2 aliphatic rings. The highest BCUT2D eigenvalue weighted by Gasteiger charge is 2.21. The van der Waals surface area contributed by atoms with Gasteiger partial charge in [-0.1, -0.05) is 19.3 Å².